The lowest BCUT2D eigenvalue weighted by Crippen LogP contribution is -2.46. The van der Waals surface area contributed by atoms with E-state index in [1.807, 2.05) is 0 Å². The summed E-state index contributed by atoms with van der Waals surface area (Å²) in [7, 11) is -5.11. The fourth-order valence-electron chi connectivity index (χ4n) is 4.14. The molecule has 1 fully saturated rings. The molecule has 4 rings (SSSR count). The van der Waals surface area contributed by atoms with Gasteiger partial charge in [0.1, 0.15) is 10.3 Å². The predicted molar refractivity (Wildman–Crippen MR) is 140 cm³/mol. The van der Waals surface area contributed by atoms with Crippen molar-refractivity contribution in [3.05, 3.63) is 65.5 Å². The van der Waals surface area contributed by atoms with Crippen molar-refractivity contribution in [3.8, 4) is 11.5 Å². The Balaban J connectivity index is 1.66. The molecule has 0 saturated carbocycles. The maximum Gasteiger partial charge on any atom is 0.253 e. The second-order valence-corrected chi connectivity index (χ2v) is 12.9. The number of amides is 2. The van der Waals surface area contributed by atoms with Crippen LogP contribution in [0.5, 0.6) is 11.5 Å². The van der Waals surface area contributed by atoms with Crippen LogP contribution in [0.25, 0.3) is 0 Å². The molecule has 0 spiro atoms. The highest BCUT2D eigenvalue weighted by molar-refractivity contribution is 7.91. The molecule has 2 amide bonds. The number of sulfonamides is 2. The van der Waals surface area contributed by atoms with Crippen molar-refractivity contribution in [2.45, 2.75) is 28.0 Å². The Morgan fingerprint density at radius 2 is 1.68 bits per heavy atom. The first-order chi connectivity index (χ1) is 18.0. The van der Waals surface area contributed by atoms with E-state index in [4.69, 9.17) is 14.6 Å². The standard InChI is InChI=1S/C24H25N3O8S3/c1-34-20-10-5-16(14-21(20)35-2)11-12-26(38(32,33)23-4-3-13-36-23)19-15-22(28)27(24(19)29)17-6-8-18(9-7-17)37(25,30)31/h3-10,13-14,19H,11-12,15H2,1-2H3,(H2,25,30,31). The van der Waals surface area contributed by atoms with E-state index in [2.05, 4.69) is 0 Å². The smallest absolute Gasteiger partial charge is 0.253 e. The van der Waals surface area contributed by atoms with Gasteiger partial charge >= 0.3 is 0 Å². The van der Waals surface area contributed by atoms with Gasteiger partial charge in [0.25, 0.3) is 15.9 Å². The van der Waals surface area contributed by atoms with E-state index in [-0.39, 0.29) is 34.2 Å². The van der Waals surface area contributed by atoms with Gasteiger partial charge in [-0.05, 0) is 59.8 Å². The summed E-state index contributed by atoms with van der Waals surface area (Å²) in [6.45, 7) is -0.0857. The topological polar surface area (TPSA) is 153 Å². The lowest BCUT2D eigenvalue weighted by Gasteiger charge is -2.26. The molecule has 2 aromatic carbocycles. The summed E-state index contributed by atoms with van der Waals surface area (Å²) in [5.41, 5.74) is 0.851. The molecule has 14 heteroatoms. The number of carbonyl (C=O) groups excluding carboxylic acids is 2. The largest absolute Gasteiger partial charge is 0.493 e. The quantitative estimate of drug-likeness (QED) is 0.358. The monoisotopic (exact) mass is 579 g/mol. The molecule has 2 N–H and O–H groups in total. The van der Waals surface area contributed by atoms with Crippen LogP contribution in [-0.2, 0) is 36.1 Å². The van der Waals surface area contributed by atoms with Crippen molar-refractivity contribution in [1.82, 2.24) is 4.31 Å². The van der Waals surface area contributed by atoms with E-state index < -0.39 is 37.9 Å². The van der Waals surface area contributed by atoms with Crippen molar-refractivity contribution in [2.75, 3.05) is 25.7 Å². The maximum atomic E-state index is 13.6. The lowest BCUT2D eigenvalue weighted by molar-refractivity contribution is -0.122. The summed E-state index contributed by atoms with van der Waals surface area (Å²) in [5.74, 6) is -0.356. The number of anilines is 1. The fourth-order valence-corrected chi connectivity index (χ4v) is 7.36. The minimum absolute atomic E-state index is 0.0426. The Kier molecular flexibility index (Phi) is 7.90. The van der Waals surface area contributed by atoms with Crippen LogP contribution in [0.1, 0.15) is 12.0 Å². The lowest BCUT2D eigenvalue weighted by atomic mass is 10.1. The van der Waals surface area contributed by atoms with E-state index in [9.17, 15) is 26.4 Å². The molecule has 38 heavy (non-hydrogen) atoms. The van der Waals surface area contributed by atoms with Gasteiger partial charge in [-0.1, -0.05) is 12.1 Å². The molecule has 1 aromatic heterocycles. The molecule has 1 aliphatic heterocycles. The Hall–Kier alpha value is -3.30. The number of ether oxygens (including phenoxy) is 2. The Morgan fingerprint density at radius 3 is 2.26 bits per heavy atom. The Morgan fingerprint density at radius 1 is 1.00 bits per heavy atom. The molecule has 11 nitrogen and oxygen atoms in total. The molecule has 0 bridgehead atoms. The molecular formula is C24H25N3O8S3. The highest BCUT2D eigenvalue weighted by Crippen LogP contribution is 2.32. The van der Waals surface area contributed by atoms with E-state index >= 15 is 0 Å². The predicted octanol–water partition coefficient (Wildman–Crippen LogP) is 1.98. The Bertz CT molecular complexity index is 1550. The minimum atomic E-state index is -4.13. The normalized spacial score (nSPS) is 16.3. The molecule has 1 aliphatic rings. The average Bonchev–Trinajstić information content (AvgIpc) is 3.52. The fraction of sp³-hybridized carbons (Fsp3) is 0.250. The maximum absolute atomic E-state index is 13.6. The number of primary sulfonamides is 1. The molecule has 0 radical (unpaired) electrons. The molecule has 202 valence electrons. The number of thiophene rings is 1. The number of imide groups is 1. The van der Waals surface area contributed by atoms with Gasteiger partial charge in [0.05, 0.1) is 31.2 Å². The van der Waals surface area contributed by atoms with Crippen molar-refractivity contribution < 1.29 is 35.9 Å². The van der Waals surface area contributed by atoms with Gasteiger partial charge in [-0.3, -0.25) is 9.59 Å². The number of methoxy groups -OCH3 is 2. The zero-order valence-corrected chi connectivity index (χ0v) is 22.9. The number of hydrogen-bond donors (Lipinski definition) is 1. The summed E-state index contributed by atoms with van der Waals surface area (Å²) in [5, 5.41) is 6.74. The molecule has 2 heterocycles. The molecule has 0 aliphatic carbocycles. The summed E-state index contributed by atoms with van der Waals surface area (Å²) in [4.78, 5) is 27.1. The molecular weight excluding hydrogens is 554 g/mol. The molecule has 1 unspecified atom stereocenters. The first kappa shape index (κ1) is 27.7. The minimum Gasteiger partial charge on any atom is -0.493 e. The van der Waals surface area contributed by atoms with Crippen LogP contribution in [0.4, 0.5) is 5.69 Å². The third-order valence-electron chi connectivity index (χ3n) is 6.02. The van der Waals surface area contributed by atoms with Gasteiger partial charge in [-0.2, -0.15) is 4.31 Å². The van der Waals surface area contributed by atoms with Gasteiger partial charge < -0.3 is 9.47 Å². The van der Waals surface area contributed by atoms with E-state index in [0.29, 0.717) is 11.5 Å². The van der Waals surface area contributed by atoms with Crippen LogP contribution in [0.2, 0.25) is 0 Å². The second-order valence-electron chi connectivity index (χ2n) is 8.31. The van der Waals surface area contributed by atoms with Crippen molar-refractivity contribution >= 4 is 48.9 Å². The number of nitrogens with zero attached hydrogens (tertiary/aromatic N) is 2. The van der Waals surface area contributed by atoms with Gasteiger partial charge in [-0.15, -0.1) is 11.3 Å². The van der Waals surface area contributed by atoms with Crippen LogP contribution in [0.3, 0.4) is 0 Å². The van der Waals surface area contributed by atoms with Crippen molar-refractivity contribution in [2.24, 2.45) is 5.14 Å². The van der Waals surface area contributed by atoms with Crippen molar-refractivity contribution in [1.29, 1.82) is 0 Å². The summed E-state index contributed by atoms with van der Waals surface area (Å²) in [6.07, 6.45) is -0.141. The SMILES string of the molecule is COc1ccc(CCN(C2CC(=O)N(c3ccc(S(N)(=O)=O)cc3)C2=O)S(=O)(=O)c2cccs2)cc1OC. The first-order valence-corrected chi connectivity index (χ1v) is 15.1. The zero-order valence-electron chi connectivity index (χ0n) is 20.4. The van der Waals surface area contributed by atoms with Crippen LogP contribution in [0.15, 0.2) is 69.1 Å². The number of hydrogen-bond acceptors (Lipinski definition) is 9. The highest BCUT2D eigenvalue weighted by atomic mass is 32.2. The van der Waals surface area contributed by atoms with Crippen LogP contribution in [-0.4, -0.2) is 59.8 Å². The van der Waals surface area contributed by atoms with E-state index in [0.717, 1.165) is 26.1 Å². The van der Waals surface area contributed by atoms with Crippen molar-refractivity contribution in [3.63, 3.8) is 0 Å². The zero-order chi connectivity index (χ0) is 27.7. The summed E-state index contributed by atoms with van der Waals surface area (Å²) < 4.78 is 62.0. The van der Waals surface area contributed by atoms with Gasteiger partial charge in [0.15, 0.2) is 11.5 Å². The number of rotatable bonds is 10. The number of benzene rings is 2. The Labute approximate surface area is 224 Å². The number of nitrogens with two attached hydrogens (primary N) is 1. The average molecular weight is 580 g/mol. The third kappa shape index (κ3) is 5.44. The van der Waals surface area contributed by atoms with Gasteiger partial charge in [0, 0.05) is 6.54 Å². The summed E-state index contributed by atoms with van der Waals surface area (Å²) >= 11 is 1.01. The second kappa shape index (κ2) is 10.8. The summed E-state index contributed by atoms with van der Waals surface area (Å²) in [6, 6.07) is 11.8. The van der Waals surface area contributed by atoms with Gasteiger partial charge in [-0.25, -0.2) is 26.9 Å². The van der Waals surface area contributed by atoms with Gasteiger partial charge in [0.2, 0.25) is 15.9 Å². The van der Waals surface area contributed by atoms with Crippen LogP contribution in [0, 0.1) is 0 Å². The van der Waals surface area contributed by atoms with E-state index in [1.54, 1.807) is 29.6 Å². The van der Waals surface area contributed by atoms with Crippen LogP contribution >= 0.6 is 11.3 Å². The van der Waals surface area contributed by atoms with Crippen LogP contribution < -0.4 is 19.5 Å². The molecule has 3 aromatic rings. The number of carbonyl (C=O) groups is 2. The molecule has 1 atom stereocenters. The highest BCUT2D eigenvalue weighted by Gasteiger charge is 2.47. The third-order valence-corrected chi connectivity index (χ3v) is 10.2. The first-order valence-electron chi connectivity index (χ1n) is 11.2. The molecule has 1 saturated heterocycles. The van der Waals surface area contributed by atoms with E-state index in [1.165, 1.54) is 44.6 Å².